The van der Waals surface area contributed by atoms with Gasteiger partial charge in [0, 0.05) is 13.0 Å². The lowest BCUT2D eigenvalue weighted by Gasteiger charge is -2.10. The van der Waals surface area contributed by atoms with E-state index in [-0.39, 0.29) is 11.3 Å². The van der Waals surface area contributed by atoms with E-state index >= 15 is 0 Å². The number of ketones is 1. The van der Waals surface area contributed by atoms with E-state index in [2.05, 4.69) is 4.98 Å². The molecule has 21 heavy (non-hydrogen) atoms. The summed E-state index contributed by atoms with van der Waals surface area (Å²) in [6, 6.07) is 6.64. The zero-order valence-corrected chi connectivity index (χ0v) is 11.5. The van der Waals surface area contributed by atoms with Gasteiger partial charge in [-0.2, -0.15) is 0 Å². The van der Waals surface area contributed by atoms with Crippen LogP contribution < -0.4 is 10.3 Å². The first-order chi connectivity index (χ1) is 10.1. The minimum atomic E-state index is -0.600. The van der Waals surface area contributed by atoms with Gasteiger partial charge in [0.25, 0.3) is 5.56 Å². The Hall–Kier alpha value is -2.63. The molecule has 0 saturated heterocycles. The molecule has 0 saturated carbocycles. The van der Waals surface area contributed by atoms with E-state index in [4.69, 9.17) is 4.74 Å². The van der Waals surface area contributed by atoms with E-state index in [0.29, 0.717) is 24.5 Å². The monoisotopic (exact) mass is 286 g/mol. The first-order valence-electron chi connectivity index (χ1n) is 6.64. The summed E-state index contributed by atoms with van der Waals surface area (Å²) in [7, 11) is 1.46. The molecule has 6 nitrogen and oxygen atoms in total. The molecule has 0 atom stereocenters. The normalized spacial score (nSPS) is 13.0. The van der Waals surface area contributed by atoms with Crippen LogP contribution in [0.25, 0.3) is 0 Å². The van der Waals surface area contributed by atoms with Crippen LogP contribution in [0.3, 0.4) is 0 Å². The lowest BCUT2D eigenvalue weighted by atomic mass is 10.1. The van der Waals surface area contributed by atoms with E-state index in [9.17, 15) is 14.7 Å². The molecule has 1 aromatic heterocycles. The molecule has 1 N–H and O–H groups in total. The van der Waals surface area contributed by atoms with Crippen LogP contribution in [0.2, 0.25) is 0 Å². The predicted molar refractivity (Wildman–Crippen MR) is 74.9 cm³/mol. The Morgan fingerprint density at radius 3 is 2.90 bits per heavy atom. The zero-order chi connectivity index (χ0) is 15.0. The lowest BCUT2D eigenvalue weighted by Crippen LogP contribution is -2.24. The third kappa shape index (κ3) is 2.08. The maximum Gasteiger partial charge on any atom is 0.296 e. The van der Waals surface area contributed by atoms with E-state index in [1.54, 1.807) is 24.3 Å². The number of ether oxygens (including phenoxy) is 1. The van der Waals surface area contributed by atoms with Crippen LogP contribution in [0, 0.1) is 0 Å². The summed E-state index contributed by atoms with van der Waals surface area (Å²) in [5, 5.41) is 10.00. The number of aromatic hydroxyl groups is 1. The number of carbonyl (C=O) groups excluding carboxylic acids is 1. The van der Waals surface area contributed by atoms with Crippen LogP contribution in [0.1, 0.15) is 28.3 Å². The fourth-order valence-corrected chi connectivity index (χ4v) is 2.52. The highest BCUT2D eigenvalue weighted by molar-refractivity contribution is 6.10. The molecular weight excluding hydrogens is 272 g/mol. The maximum absolute atomic E-state index is 12.5. The third-order valence-electron chi connectivity index (χ3n) is 3.57. The average Bonchev–Trinajstić information content (AvgIpc) is 2.98. The van der Waals surface area contributed by atoms with Gasteiger partial charge in [0.05, 0.1) is 12.7 Å². The second-order valence-corrected chi connectivity index (χ2v) is 4.81. The molecule has 0 bridgehead atoms. The number of rotatable bonds is 3. The minimum absolute atomic E-state index is 0.211. The van der Waals surface area contributed by atoms with Crippen molar-refractivity contribution in [2.45, 2.75) is 19.4 Å². The number of nitrogens with zero attached hydrogens (tertiary/aromatic N) is 2. The zero-order valence-electron chi connectivity index (χ0n) is 11.5. The molecule has 2 heterocycles. The van der Waals surface area contributed by atoms with Crippen molar-refractivity contribution in [2.24, 2.45) is 0 Å². The number of fused-ring (bicyclic) bond motifs is 1. The van der Waals surface area contributed by atoms with Crippen molar-refractivity contribution in [3.8, 4) is 11.5 Å². The number of aromatic nitrogens is 2. The number of benzene rings is 1. The van der Waals surface area contributed by atoms with Gasteiger partial charge >= 0.3 is 0 Å². The van der Waals surface area contributed by atoms with Gasteiger partial charge in [-0.25, -0.2) is 4.98 Å². The topological polar surface area (TPSA) is 81.4 Å². The molecule has 3 rings (SSSR count). The van der Waals surface area contributed by atoms with Crippen molar-refractivity contribution in [1.29, 1.82) is 0 Å². The molecule has 108 valence electrons. The van der Waals surface area contributed by atoms with Gasteiger partial charge in [-0.3, -0.25) is 14.2 Å². The molecular formula is C15H14N2O4. The molecule has 0 radical (unpaired) electrons. The van der Waals surface area contributed by atoms with Crippen molar-refractivity contribution in [3.05, 3.63) is 51.7 Å². The molecule has 6 heteroatoms. The van der Waals surface area contributed by atoms with Crippen LogP contribution in [0.15, 0.2) is 29.1 Å². The summed E-state index contributed by atoms with van der Waals surface area (Å²) in [5.74, 6) is -0.200. The minimum Gasteiger partial charge on any atom is -0.501 e. The molecule has 1 aromatic carbocycles. The van der Waals surface area contributed by atoms with Crippen LogP contribution in [0.5, 0.6) is 11.5 Å². The highest BCUT2D eigenvalue weighted by Crippen LogP contribution is 2.24. The van der Waals surface area contributed by atoms with Crippen LogP contribution in [0.4, 0.5) is 0 Å². The fourth-order valence-electron chi connectivity index (χ4n) is 2.52. The van der Waals surface area contributed by atoms with Gasteiger partial charge in [-0.05, 0) is 18.6 Å². The Bertz CT molecular complexity index is 780. The number of methoxy groups -OCH3 is 1. The maximum atomic E-state index is 12.5. The van der Waals surface area contributed by atoms with Crippen molar-refractivity contribution in [1.82, 2.24) is 9.55 Å². The molecule has 0 amide bonds. The number of carbonyl (C=O) groups is 1. The Morgan fingerprint density at radius 2 is 2.14 bits per heavy atom. The van der Waals surface area contributed by atoms with Crippen molar-refractivity contribution >= 4 is 5.78 Å². The summed E-state index contributed by atoms with van der Waals surface area (Å²) < 4.78 is 6.55. The standard InChI is InChI=1S/C15H14N2O4/c1-21-10-6-3-2-5-9(10)13(18)12-14(19)15(20)17-8-4-7-11(17)16-12/h2-3,5-6,19H,4,7-8H2,1H3. The molecule has 1 aliphatic heterocycles. The summed E-state index contributed by atoms with van der Waals surface area (Å²) in [6.45, 7) is 0.526. The quantitative estimate of drug-likeness (QED) is 0.855. The number of hydrogen-bond acceptors (Lipinski definition) is 5. The second kappa shape index (κ2) is 5.05. The Labute approximate surface area is 120 Å². The molecule has 0 aliphatic carbocycles. The predicted octanol–water partition coefficient (Wildman–Crippen LogP) is 1.13. The smallest absolute Gasteiger partial charge is 0.296 e. The van der Waals surface area contributed by atoms with Crippen molar-refractivity contribution in [2.75, 3.05) is 7.11 Å². The summed E-state index contributed by atoms with van der Waals surface area (Å²) in [5.41, 5.74) is -0.501. The first kappa shape index (κ1) is 13.4. The van der Waals surface area contributed by atoms with Crippen LogP contribution in [-0.4, -0.2) is 27.6 Å². The van der Waals surface area contributed by atoms with Gasteiger partial charge in [-0.15, -0.1) is 0 Å². The van der Waals surface area contributed by atoms with Crippen LogP contribution in [-0.2, 0) is 13.0 Å². The average molecular weight is 286 g/mol. The van der Waals surface area contributed by atoms with Gasteiger partial charge in [-0.1, -0.05) is 12.1 Å². The third-order valence-corrected chi connectivity index (χ3v) is 3.57. The number of aryl methyl sites for hydroxylation is 1. The van der Waals surface area contributed by atoms with E-state index in [1.165, 1.54) is 11.7 Å². The highest BCUT2D eigenvalue weighted by Gasteiger charge is 2.25. The molecule has 0 unspecified atom stereocenters. The fraction of sp³-hybridized carbons (Fsp3) is 0.267. The number of para-hydroxylation sites is 1. The SMILES string of the molecule is COc1ccccc1C(=O)c1nc2n(c(=O)c1O)CCC2. The van der Waals surface area contributed by atoms with Crippen LogP contribution >= 0.6 is 0 Å². The van der Waals surface area contributed by atoms with Crippen molar-refractivity contribution < 1.29 is 14.6 Å². The molecule has 2 aromatic rings. The molecule has 0 fully saturated rings. The van der Waals surface area contributed by atoms with E-state index in [0.717, 1.165) is 6.42 Å². The Morgan fingerprint density at radius 1 is 1.38 bits per heavy atom. The first-order valence-corrected chi connectivity index (χ1v) is 6.64. The number of hydrogen-bond donors (Lipinski definition) is 1. The highest BCUT2D eigenvalue weighted by atomic mass is 16.5. The Kier molecular flexibility index (Phi) is 3.21. The summed E-state index contributed by atoms with van der Waals surface area (Å²) >= 11 is 0. The Balaban J connectivity index is 2.15. The van der Waals surface area contributed by atoms with Gasteiger partial charge < -0.3 is 9.84 Å². The van der Waals surface area contributed by atoms with Crippen molar-refractivity contribution in [3.63, 3.8) is 0 Å². The largest absolute Gasteiger partial charge is 0.501 e. The lowest BCUT2D eigenvalue weighted by molar-refractivity contribution is 0.102. The summed E-state index contributed by atoms with van der Waals surface area (Å²) in [6.07, 6.45) is 1.41. The van der Waals surface area contributed by atoms with Gasteiger partial charge in [0.2, 0.25) is 11.5 Å². The van der Waals surface area contributed by atoms with Gasteiger partial charge in [0.1, 0.15) is 11.6 Å². The summed E-state index contributed by atoms with van der Waals surface area (Å²) in [4.78, 5) is 28.8. The van der Waals surface area contributed by atoms with E-state index in [1.807, 2.05) is 0 Å². The van der Waals surface area contributed by atoms with E-state index < -0.39 is 17.1 Å². The second-order valence-electron chi connectivity index (χ2n) is 4.81. The van der Waals surface area contributed by atoms with Gasteiger partial charge in [0.15, 0.2) is 5.69 Å². The molecule has 0 spiro atoms. The molecule has 1 aliphatic rings.